The molecule has 0 aliphatic carbocycles. The molecular formula is C21H24ClN3O4. The van der Waals surface area contributed by atoms with Crippen LogP contribution in [0.15, 0.2) is 48.5 Å². The number of nitrogens with one attached hydrogen (secondary N) is 1. The van der Waals surface area contributed by atoms with Gasteiger partial charge in [0.15, 0.2) is 6.61 Å². The molecule has 0 saturated carbocycles. The van der Waals surface area contributed by atoms with Crippen molar-refractivity contribution in [2.45, 2.75) is 12.6 Å². The van der Waals surface area contributed by atoms with Crippen LogP contribution >= 0.6 is 11.6 Å². The van der Waals surface area contributed by atoms with Gasteiger partial charge in [0.1, 0.15) is 5.75 Å². The van der Waals surface area contributed by atoms with Crippen molar-refractivity contribution < 1.29 is 19.1 Å². The van der Waals surface area contributed by atoms with Crippen LogP contribution in [-0.2, 0) is 16.1 Å². The molecule has 0 aromatic heterocycles. The Kier molecular flexibility index (Phi) is 7.46. The summed E-state index contributed by atoms with van der Waals surface area (Å²) in [7, 11) is 0. The van der Waals surface area contributed by atoms with Crippen molar-refractivity contribution in [1.29, 1.82) is 0 Å². The monoisotopic (exact) mass is 417 g/mol. The molecule has 1 aliphatic heterocycles. The summed E-state index contributed by atoms with van der Waals surface area (Å²) in [5, 5.41) is 3.18. The van der Waals surface area contributed by atoms with Crippen molar-refractivity contribution in [2.24, 2.45) is 5.73 Å². The van der Waals surface area contributed by atoms with Crippen molar-refractivity contribution in [3.63, 3.8) is 0 Å². The molecule has 3 rings (SSSR count). The van der Waals surface area contributed by atoms with Crippen molar-refractivity contribution in [1.82, 2.24) is 10.2 Å². The summed E-state index contributed by atoms with van der Waals surface area (Å²) in [4.78, 5) is 25.9. The number of nitrogens with zero attached hydrogens (tertiary/aromatic N) is 1. The number of ether oxygens (including phenoxy) is 2. The molecular weight excluding hydrogens is 394 g/mol. The molecule has 1 heterocycles. The zero-order valence-corrected chi connectivity index (χ0v) is 16.7. The number of carbonyl (C=O) groups is 2. The van der Waals surface area contributed by atoms with Gasteiger partial charge >= 0.3 is 0 Å². The third-order valence-electron chi connectivity index (χ3n) is 4.56. The molecule has 1 fully saturated rings. The lowest BCUT2D eigenvalue weighted by Gasteiger charge is -2.33. The number of hydrogen-bond donors (Lipinski definition) is 2. The number of benzene rings is 2. The Labute approximate surface area is 174 Å². The van der Waals surface area contributed by atoms with Crippen molar-refractivity contribution in [2.75, 3.05) is 32.8 Å². The second kappa shape index (κ2) is 10.2. The Bertz CT molecular complexity index is 847. The standard InChI is InChI=1S/C21H24ClN3O4/c22-16-6-7-19(18(10-16)21(23)27)29-14-20(26)24-11-17-13-25(8-9-28-17)12-15-4-2-1-3-5-15/h1-7,10,17H,8-9,11-14H2,(H2,23,27)(H,24,26). The third-order valence-corrected chi connectivity index (χ3v) is 4.80. The van der Waals surface area contributed by atoms with Crippen LogP contribution in [0.4, 0.5) is 0 Å². The minimum absolute atomic E-state index is 0.0897. The van der Waals surface area contributed by atoms with Crippen LogP contribution in [0.1, 0.15) is 15.9 Å². The van der Waals surface area contributed by atoms with Crippen LogP contribution in [0, 0.1) is 0 Å². The SMILES string of the molecule is NC(=O)c1cc(Cl)ccc1OCC(=O)NCC1CN(Cc2ccccc2)CCO1. The Morgan fingerprint density at radius 2 is 2.03 bits per heavy atom. The van der Waals surface area contributed by atoms with E-state index in [0.29, 0.717) is 18.2 Å². The predicted molar refractivity (Wildman–Crippen MR) is 110 cm³/mol. The fourth-order valence-corrected chi connectivity index (χ4v) is 3.30. The largest absolute Gasteiger partial charge is 0.483 e. The Hall–Kier alpha value is -2.61. The highest BCUT2D eigenvalue weighted by molar-refractivity contribution is 6.31. The lowest BCUT2D eigenvalue weighted by atomic mass is 10.2. The molecule has 0 bridgehead atoms. The molecule has 1 saturated heterocycles. The third kappa shape index (κ3) is 6.45. The second-order valence-electron chi connectivity index (χ2n) is 6.81. The van der Waals surface area contributed by atoms with E-state index in [1.54, 1.807) is 6.07 Å². The average Bonchev–Trinajstić information content (AvgIpc) is 2.72. The lowest BCUT2D eigenvalue weighted by molar-refractivity contribution is -0.124. The van der Waals surface area contributed by atoms with E-state index in [2.05, 4.69) is 22.3 Å². The predicted octanol–water partition coefficient (Wildman–Crippen LogP) is 1.83. The van der Waals surface area contributed by atoms with Crippen LogP contribution in [-0.4, -0.2) is 55.7 Å². The number of hydrogen-bond acceptors (Lipinski definition) is 5. The molecule has 1 aliphatic rings. The first-order valence-corrected chi connectivity index (χ1v) is 9.76. The summed E-state index contributed by atoms with van der Waals surface area (Å²) < 4.78 is 11.2. The summed E-state index contributed by atoms with van der Waals surface area (Å²) >= 11 is 5.86. The van der Waals surface area contributed by atoms with E-state index >= 15 is 0 Å². The average molecular weight is 418 g/mol. The Morgan fingerprint density at radius 1 is 1.24 bits per heavy atom. The number of carbonyl (C=O) groups excluding carboxylic acids is 2. The van der Waals surface area contributed by atoms with E-state index in [4.69, 9.17) is 26.8 Å². The van der Waals surface area contributed by atoms with E-state index in [1.165, 1.54) is 17.7 Å². The molecule has 29 heavy (non-hydrogen) atoms. The quantitative estimate of drug-likeness (QED) is 0.683. The highest BCUT2D eigenvalue weighted by Gasteiger charge is 2.21. The number of amides is 2. The van der Waals surface area contributed by atoms with Crippen molar-refractivity contribution in [3.8, 4) is 5.75 Å². The maximum absolute atomic E-state index is 12.1. The molecule has 2 amide bonds. The van der Waals surface area contributed by atoms with E-state index < -0.39 is 5.91 Å². The highest BCUT2D eigenvalue weighted by atomic mass is 35.5. The molecule has 0 radical (unpaired) electrons. The first kappa shape index (κ1) is 21.1. The van der Waals surface area contributed by atoms with Gasteiger partial charge in [0.2, 0.25) is 0 Å². The number of nitrogens with two attached hydrogens (primary N) is 1. The first-order chi connectivity index (χ1) is 14.0. The molecule has 0 spiro atoms. The second-order valence-corrected chi connectivity index (χ2v) is 7.25. The minimum atomic E-state index is -0.669. The van der Waals surface area contributed by atoms with Gasteiger partial charge < -0.3 is 20.5 Å². The fourth-order valence-electron chi connectivity index (χ4n) is 3.13. The summed E-state index contributed by atoms with van der Waals surface area (Å²) in [5.74, 6) is -0.754. The number of morpholine rings is 1. The highest BCUT2D eigenvalue weighted by Crippen LogP contribution is 2.22. The topological polar surface area (TPSA) is 93.9 Å². The van der Waals surface area contributed by atoms with Gasteiger partial charge in [0.25, 0.3) is 11.8 Å². The van der Waals surface area contributed by atoms with E-state index in [9.17, 15) is 9.59 Å². The first-order valence-electron chi connectivity index (χ1n) is 9.38. The lowest BCUT2D eigenvalue weighted by Crippen LogP contribution is -2.47. The van der Waals surface area contributed by atoms with Crippen LogP contribution < -0.4 is 15.8 Å². The number of primary amides is 1. The summed E-state index contributed by atoms with van der Waals surface area (Å²) in [6.07, 6.45) is -0.0897. The Balaban J connectivity index is 1.44. The molecule has 8 heteroatoms. The van der Waals surface area contributed by atoms with Gasteiger partial charge in [0.05, 0.1) is 18.3 Å². The molecule has 3 N–H and O–H groups in total. The summed E-state index contributed by atoms with van der Waals surface area (Å²) in [6, 6.07) is 14.7. The van der Waals surface area contributed by atoms with Gasteiger partial charge in [-0.1, -0.05) is 41.9 Å². The minimum Gasteiger partial charge on any atom is -0.483 e. The van der Waals surface area contributed by atoms with E-state index in [1.807, 2.05) is 18.2 Å². The molecule has 1 unspecified atom stereocenters. The van der Waals surface area contributed by atoms with Gasteiger partial charge in [-0.2, -0.15) is 0 Å². The van der Waals surface area contributed by atoms with E-state index in [0.717, 1.165) is 19.6 Å². The van der Waals surface area contributed by atoms with E-state index in [-0.39, 0.29) is 29.9 Å². The molecule has 2 aromatic rings. The number of rotatable bonds is 8. The van der Waals surface area contributed by atoms with Gasteiger partial charge in [-0.3, -0.25) is 14.5 Å². The zero-order valence-electron chi connectivity index (χ0n) is 16.0. The van der Waals surface area contributed by atoms with Crippen LogP contribution in [0.5, 0.6) is 5.75 Å². The van der Waals surface area contributed by atoms with Crippen LogP contribution in [0.25, 0.3) is 0 Å². The zero-order chi connectivity index (χ0) is 20.6. The van der Waals surface area contributed by atoms with Crippen LogP contribution in [0.2, 0.25) is 5.02 Å². The van der Waals surface area contributed by atoms with Gasteiger partial charge in [0, 0.05) is 31.2 Å². The maximum atomic E-state index is 12.1. The number of halogens is 1. The van der Waals surface area contributed by atoms with Crippen molar-refractivity contribution in [3.05, 3.63) is 64.7 Å². The Morgan fingerprint density at radius 3 is 2.79 bits per heavy atom. The summed E-state index contributed by atoms with van der Waals surface area (Å²) in [6.45, 7) is 3.22. The normalized spacial score (nSPS) is 16.9. The van der Waals surface area contributed by atoms with Gasteiger partial charge in [-0.25, -0.2) is 0 Å². The molecule has 1 atom stereocenters. The maximum Gasteiger partial charge on any atom is 0.258 e. The van der Waals surface area contributed by atoms with Crippen LogP contribution in [0.3, 0.4) is 0 Å². The van der Waals surface area contributed by atoms with Gasteiger partial charge in [-0.15, -0.1) is 0 Å². The fraction of sp³-hybridized carbons (Fsp3) is 0.333. The van der Waals surface area contributed by atoms with Crippen molar-refractivity contribution >= 4 is 23.4 Å². The molecule has 2 aromatic carbocycles. The summed E-state index contributed by atoms with van der Waals surface area (Å²) in [5.41, 5.74) is 6.70. The molecule has 154 valence electrons. The smallest absolute Gasteiger partial charge is 0.258 e. The van der Waals surface area contributed by atoms with Gasteiger partial charge in [-0.05, 0) is 23.8 Å². The molecule has 7 nitrogen and oxygen atoms in total.